The lowest BCUT2D eigenvalue weighted by molar-refractivity contribution is -0.139. The molecule has 0 aromatic heterocycles. The molecule has 0 aliphatic carbocycles. The fourth-order valence-corrected chi connectivity index (χ4v) is 2.49. The summed E-state index contributed by atoms with van der Waals surface area (Å²) in [6.07, 6.45) is 0. The molecule has 0 saturated carbocycles. The first-order valence-corrected chi connectivity index (χ1v) is 5.98. The maximum absolute atomic E-state index is 11.7. The summed E-state index contributed by atoms with van der Waals surface area (Å²) in [5, 5.41) is 11.1. The van der Waals surface area contributed by atoms with Crippen LogP contribution >= 0.6 is 24.4 Å². The molecule has 0 spiro atoms. The van der Waals surface area contributed by atoms with Crippen LogP contribution in [0.5, 0.6) is 0 Å². The first kappa shape index (κ1) is 11.9. The Kier molecular flexibility index (Phi) is 4.28. The third kappa shape index (κ3) is 2.43. The topological polar surface area (TPSA) is 66.4 Å². The third-order valence-corrected chi connectivity index (χ3v) is 3.89. The van der Waals surface area contributed by atoms with Crippen molar-refractivity contribution in [2.24, 2.45) is 5.92 Å². The molecule has 3 atom stereocenters. The van der Waals surface area contributed by atoms with Crippen LogP contribution in [0.25, 0.3) is 0 Å². The lowest BCUT2D eigenvalue weighted by Gasteiger charge is -2.16. The summed E-state index contributed by atoms with van der Waals surface area (Å²) in [5.74, 6) is -0.209. The van der Waals surface area contributed by atoms with Gasteiger partial charge < -0.3 is 5.11 Å². The van der Waals surface area contributed by atoms with E-state index in [0.717, 1.165) is 0 Å². The molecule has 0 amide bonds. The van der Waals surface area contributed by atoms with Crippen molar-refractivity contribution in [1.82, 2.24) is 5.32 Å². The van der Waals surface area contributed by atoms with Gasteiger partial charge in [-0.15, -0.1) is 11.8 Å². The van der Waals surface area contributed by atoms with Gasteiger partial charge in [0, 0.05) is 11.8 Å². The van der Waals surface area contributed by atoms with E-state index in [2.05, 4.69) is 17.9 Å². The molecule has 6 heteroatoms. The van der Waals surface area contributed by atoms with E-state index in [0.29, 0.717) is 11.6 Å². The van der Waals surface area contributed by atoms with Gasteiger partial charge in [-0.2, -0.15) is 12.6 Å². The lowest BCUT2D eigenvalue weighted by Crippen LogP contribution is -2.44. The van der Waals surface area contributed by atoms with Crippen molar-refractivity contribution in [1.29, 1.82) is 0 Å². The molecule has 1 aliphatic heterocycles. The molecule has 0 bridgehead atoms. The van der Waals surface area contributed by atoms with E-state index in [9.17, 15) is 9.59 Å². The number of ketones is 1. The number of carbonyl (C=O) groups is 2. The second-order valence-electron chi connectivity index (χ2n) is 3.24. The van der Waals surface area contributed by atoms with Crippen LogP contribution in [0.3, 0.4) is 0 Å². The highest BCUT2D eigenvalue weighted by Crippen LogP contribution is 2.23. The highest BCUT2D eigenvalue weighted by atomic mass is 32.2. The molecule has 1 heterocycles. The number of nitrogens with one attached hydrogen (secondary N) is 1. The van der Waals surface area contributed by atoms with Crippen molar-refractivity contribution in [3.05, 3.63) is 0 Å². The number of rotatable bonds is 4. The van der Waals surface area contributed by atoms with E-state index in [-0.39, 0.29) is 11.7 Å². The Hall–Kier alpha value is -0.200. The minimum atomic E-state index is -0.926. The Morgan fingerprint density at radius 1 is 1.71 bits per heavy atom. The van der Waals surface area contributed by atoms with Crippen LogP contribution in [-0.4, -0.2) is 39.8 Å². The van der Waals surface area contributed by atoms with Crippen molar-refractivity contribution in [2.45, 2.75) is 18.2 Å². The van der Waals surface area contributed by atoms with Crippen LogP contribution in [0.1, 0.15) is 6.92 Å². The lowest BCUT2D eigenvalue weighted by atomic mass is 9.99. The monoisotopic (exact) mass is 235 g/mol. The normalized spacial score (nSPS) is 28.7. The Balaban J connectivity index is 2.67. The number of thioether (sulfide) groups is 1. The fraction of sp³-hybridized carbons (Fsp3) is 0.750. The molecule has 1 aliphatic rings. The Morgan fingerprint density at radius 2 is 2.36 bits per heavy atom. The second-order valence-corrected chi connectivity index (χ2v) is 4.73. The summed E-state index contributed by atoms with van der Waals surface area (Å²) in [5.41, 5.74) is 0. The summed E-state index contributed by atoms with van der Waals surface area (Å²) in [7, 11) is 0. The van der Waals surface area contributed by atoms with E-state index in [4.69, 9.17) is 5.11 Å². The molecule has 4 nitrogen and oxygen atoms in total. The Labute approximate surface area is 92.2 Å². The predicted octanol–water partition coefficient (Wildman–Crippen LogP) is 0.237. The standard InChI is InChI=1S/C8H13NO3S2/c1-4(2-13)6(10)5-7(8(11)12)14-3-9-5/h4-5,7,9,13H,2-3H2,1H3,(H,11,12). The molecule has 2 N–H and O–H groups in total. The highest BCUT2D eigenvalue weighted by molar-refractivity contribution is 8.00. The summed E-state index contributed by atoms with van der Waals surface area (Å²) in [6.45, 7) is 1.76. The molecule has 3 unspecified atom stereocenters. The van der Waals surface area contributed by atoms with Gasteiger partial charge in [-0.3, -0.25) is 14.9 Å². The van der Waals surface area contributed by atoms with Crippen molar-refractivity contribution in [2.75, 3.05) is 11.6 Å². The zero-order valence-corrected chi connectivity index (χ0v) is 9.48. The van der Waals surface area contributed by atoms with Crippen molar-refractivity contribution < 1.29 is 14.7 Å². The van der Waals surface area contributed by atoms with Crippen LogP contribution in [-0.2, 0) is 9.59 Å². The smallest absolute Gasteiger partial charge is 0.318 e. The van der Waals surface area contributed by atoms with Crippen LogP contribution in [0.15, 0.2) is 0 Å². The van der Waals surface area contributed by atoms with Gasteiger partial charge in [0.2, 0.25) is 0 Å². The van der Waals surface area contributed by atoms with E-state index in [1.54, 1.807) is 6.92 Å². The Morgan fingerprint density at radius 3 is 2.86 bits per heavy atom. The number of thiol groups is 1. The predicted molar refractivity (Wildman–Crippen MR) is 58.8 cm³/mol. The first-order valence-electron chi connectivity index (χ1n) is 4.30. The molecule has 1 saturated heterocycles. The molecule has 0 aromatic carbocycles. The number of Topliss-reactive ketones (excluding diaryl/α,β-unsaturated/α-hetero) is 1. The third-order valence-electron chi connectivity index (χ3n) is 2.18. The van der Waals surface area contributed by atoms with Crippen LogP contribution in [0, 0.1) is 5.92 Å². The summed E-state index contributed by atoms with van der Waals surface area (Å²) < 4.78 is 0. The van der Waals surface area contributed by atoms with Crippen molar-refractivity contribution in [3.8, 4) is 0 Å². The first-order chi connectivity index (χ1) is 6.57. The molecule has 0 radical (unpaired) electrons. The largest absolute Gasteiger partial charge is 0.480 e. The van der Waals surface area contributed by atoms with Crippen LogP contribution < -0.4 is 5.32 Å². The number of hydrogen-bond donors (Lipinski definition) is 3. The minimum Gasteiger partial charge on any atom is -0.480 e. The number of carbonyl (C=O) groups excluding carboxylic acids is 1. The average molecular weight is 235 g/mol. The van der Waals surface area contributed by atoms with E-state index < -0.39 is 17.3 Å². The highest BCUT2D eigenvalue weighted by Gasteiger charge is 2.39. The molecule has 1 rings (SSSR count). The number of hydrogen-bond acceptors (Lipinski definition) is 5. The molecular weight excluding hydrogens is 222 g/mol. The van der Waals surface area contributed by atoms with Gasteiger partial charge in [0.15, 0.2) is 5.78 Å². The van der Waals surface area contributed by atoms with Crippen molar-refractivity contribution >= 4 is 36.1 Å². The summed E-state index contributed by atoms with van der Waals surface area (Å²) in [4.78, 5) is 22.5. The molecular formula is C8H13NO3S2. The number of carboxylic acids is 1. The zero-order valence-electron chi connectivity index (χ0n) is 7.77. The Bertz CT molecular complexity index is 247. The van der Waals surface area contributed by atoms with Gasteiger partial charge in [-0.25, -0.2) is 0 Å². The quantitative estimate of drug-likeness (QED) is 0.609. The number of aliphatic carboxylic acids is 1. The average Bonchev–Trinajstić information content (AvgIpc) is 2.63. The van der Waals surface area contributed by atoms with Gasteiger partial charge in [0.05, 0.1) is 6.04 Å². The van der Waals surface area contributed by atoms with Gasteiger partial charge in [-0.1, -0.05) is 6.92 Å². The van der Waals surface area contributed by atoms with Gasteiger partial charge >= 0.3 is 5.97 Å². The maximum Gasteiger partial charge on any atom is 0.318 e. The van der Waals surface area contributed by atoms with Gasteiger partial charge in [0.25, 0.3) is 0 Å². The molecule has 0 aromatic rings. The second kappa shape index (κ2) is 5.04. The maximum atomic E-state index is 11.7. The van der Waals surface area contributed by atoms with Gasteiger partial charge in [-0.05, 0) is 5.75 Å². The molecule has 80 valence electrons. The molecule has 1 fully saturated rings. The van der Waals surface area contributed by atoms with E-state index in [1.165, 1.54) is 11.8 Å². The van der Waals surface area contributed by atoms with Crippen LogP contribution in [0.4, 0.5) is 0 Å². The SMILES string of the molecule is CC(CS)C(=O)C1NCSC1C(=O)O. The van der Waals surface area contributed by atoms with E-state index >= 15 is 0 Å². The molecule has 14 heavy (non-hydrogen) atoms. The zero-order chi connectivity index (χ0) is 10.7. The summed E-state index contributed by atoms with van der Waals surface area (Å²) >= 11 is 5.28. The van der Waals surface area contributed by atoms with Gasteiger partial charge in [0.1, 0.15) is 5.25 Å². The van der Waals surface area contributed by atoms with E-state index in [1.807, 2.05) is 0 Å². The van der Waals surface area contributed by atoms with Crippen molar-refractivity contribution in [3.63, 3.8) is 0 Å². The minimum absolute atomic E-state index is 0.0580. The number of carboxylic acid groups (broad SMARTS) is 1. The summed E-state index contributed by atoms with van der Waals surface area (Å²) in [6, 6.07) is -0.556. The fourth-order valence-electron chi connectivity index (χ4n) is 1.29. The van der Waals surface area contributed by atoms with Crippen LogP contribution in [0.2, 0.25) is 0 Å².